The molecule has 0 bridgehead atoms. The molecule has 1 N–H and O–H groups in total. The number of para-hydroxylation sites is 1. The summed E-state index contributed by atoms with van der Waals surface area (Å²) >= 11 is 0. The largest absolute Gasteiger partial charge is 0.495 e. The third-order valence-electron chi connectivity index (χ3n) is 3.14. The van der Waals surface area contributed by atoms with Gasteiger partial charge in [0.25, 0.3) is 0 Å². The van der Waals surface area contributed by atoms with Crippen molar-refractivity contribution in [3.05, 3.63) is 59.2 Å². The van der Waals surface area contributed by atoms with Gasteiger partial charge < -0.3 is 14.8 Å². The fraction of sp³-hybridized carbons (Fsp3) is 0.235. The second kappa shape index (κ2) is 7.32. The van der Waals surface area contributed by atoms with Gasteiger partial charge in [0.1, 0.15) is 11.8 Å². The molecule has 0 saturated carbocycles. The molecule has 0 unspecified atom stereocenters. The first kappa shape index (κ1) is 14.9. The van der Waals surface area contributed by atoms with Crippen LogP contribution in [-0.4, -0.2) is 14.2 Å². The van der Waals surface area contributed by atoms with Gasteiger partial charge in [-0.25, -0.2) is 0 Å². The number of ether oxygens (including phenoxy) is 2. The highest BCUT2D eigenvalue weighted by atomic mass is 16.5. The lowest BCUT2D eigenvalue weighted by Crippen LogP contribution is -2.04. The van der Waals surface area contributed by atoms with Crippen LogP contribution in [0.3, 0.4) is 0 Å². The van der Waals surface area contributed by atoms with Gasteiger partial charge >= 0.3 is 0 Å². The lowest BCUT2D eigenvalue weighted by Gasteiger charge is -2.13. The van der Waals surface area contributed by atoms with E-state index in [0.717, 1.165) is 16.8 Å². The van der Waals surface area contributed by atoms with E-state index >= 15 is 0 Å². The predicted molar refractivity (Wildman–Crippen MR) is 82.2 cm³/mol. The van der Waals surface area contributed by atoms with Crippen molar-refractivity contribution in [2.75, 3.05) is 19.5 Å². The first-order chi connectivity index (χ1) is 10.3. The van der Waals surface area contributed by atoms with E-state index in [1.165, 1.54) is 0 Å². The number of methoxy groups -OCH3 is 2. The number of anilines is 1. The van der Waals surface area contributed by atoms with E-state index < -0.39 is 0 Å². The Morgan fingerprint density at radius 1 is 1.10 bits per heavy atom. The van der Waals surface area contributed by atoms with E-state index in [-0.39, 0.29) is 0 Å². The van der Waals surface area contributed by atoms with E-state index in [1.54, 1.807) is 20.3 Å². The van der Waals surface area contributed by atoms with Crippen LogP contribution < -0.4 is 10.1 Å². The van der Waals surface area contributed by atoms with Crippen molar-refractivity contribution in [1.82, 2.24) is 0 Å². The Kier molecular flexibility index (Phi) is 5.19. The molecule has 2 aromatic rings. The molecule has 21 heavy (non-hydrogen) atoms. The van der Waals surface area contributed by atoms with E-state index in [0.29, 0.717) is 24.5 Å². The SMILES string of the molecule is COCc1cccc(CNc2c(C#N)cccc2OC)c1. The number of hydrogen-bond acceptors (Lipinski definition) is 4. The van der Waals surface area contributed by atoms with Crippen LogP contribution >= 0.6 is 0 Å². The summed E-state index contributed by atoms with van der Waals surface area (Å²) in [7, 11) is 3.28. The molecule has 4 heteroatoms. The molecule has 0 aliphatic rings. The predicted octanol–water partition coefficient (Wildman–Crippen LogP) is 3.33. The van der Waals surface area contributed by atoms with Crippen LogP contribution in [0.1, 0.15) is 16.7 Å². The zero-order chi connectivity index (χ0) is 15.1. The Balaban J connectivity index is 2.16. The summed E-state index contributed by atoms with van der Waals surface area (Å²) in [5.41, 5.74) is 3.54. The van der Waals surface area contributed by atoms with Gasteiger partial charge in [-0.15, -0.1) is 0 Å². The Morgan fingerprint density at radius 2 is 1.86 bits per heavy atom. The molecule has 0 atom stereocenters. The molecule has 0 aliphatic heterocycles. The minimum atomic E-state index is 0.572. The van der Waals surface area contributed by atoms with Crippen LogP contribution in [-0.2, 0) is 17.9 Å². The van der Waals surface area contributed by atoms with Gasteiger partial charge in [-0.1, -0.05) is 30.3 Å². The monoisotopic (exact) mass is 282 g/mol. The van der Waals surface area contributed by atoms with E-state index in [2.05, 4.69) is 17.5 Å². The Morgan fingerprint density at radius 3 is 2.57 bits per heavy atom. The molecule has 2 rings (SSSR count). The van der Waals surface area contributed by atoms with Gasteiger partial charge in [-0.2, -0.15) is 5.26 Å². The van der Waals surface area contributed by atoms with Gasteiger partial charge in [-0.3, -0.25) is 0 Å². The van der Waals surface area contributed by atoms with E-state index in [4.69, 9.17) is 9.47 Å². The molecule has 0 spiro atoms. The lowest BCUT2D eigenvalue weighted by molar-refractivity contribution is 0.185. The molecule has 0 fully saturated rings. The first-order valence-electron chi connectivity index (χ1n) is 6.66. The fourth-order valence-corrected chi connectivity index (χ4v) is 2.16. The number of nitriles is 1. The molecule has 0 radical (unpaired) electrons. The Bertz CT molecular complexity index is 647. The average molecular weight is 282 g/mol. The van der Waals surface area contributed by atoms with Gasteiger partial charge in [-0.05, 0) is 23.3 Å². The number of benzene rings is 2. The highest BCUT2D eigenvalue weighted by Crippen LogP contribution is 2.28. The summed E-state index contributed by atoms with van der Waals surface area (Å²) in [6, 6.07) is 15.7. The maximum Gasteiger partial charge on any atom is 0.143 e. The summed E-state index contributed by atoms with van der Waals surface area (Å²) in [4.78, 5) is 0. The summed E-state index contributed by atoms with van der Waals surface area (Å²) in [6.45, 7) is 1.21. The maximum absolute atomic E-state index is 9.19. The topological polar surface area (TPSA) is 54.3 Å². The highest BCUT2D eigenvalue weighted by molar-refractivity contribution is 5.66. The summed E-state index contributed by atoms with van der Waals surface area (Å²) in [5.74, 6) is 0.669. The van der Waals surface area contributed by atoms with Crippen molar-refractivity contribution in [3.8, 4) is 11.8 Å². The van der Waals surface area contributed by atoms with Crippen LogP contribution in [0, 0.1) is 11.3 Å². The molecule has 4 nitrogen and oxygen atoms in total. The first-order valence-corrected chi connectivity index (χ1v) is 6.66. The van der Waals surface area contributed by atoms with Crippen molar-refractivity contribution >= 4 is 5.69 Å². The number of nitrogens with one attached hydrogen (secondary N) is 1. The molecule has 0 aromatic heterocycles. The molecule has 0 aliphatic carbocycles. The zero-order valence-corrected chi connectivity index (χ0v) is 12.2. The van der Waals surface area contributed by atoms with Crippen LogP contribution in [0.5, 0.6) is 5.75 Å². The standard InChI is InChI=1S/C17H18N2O2/c1-20-12-14-6-3-5-13(9-14)11-19-17-15(10-18)7-4-8-16(17)21-2/h3-9,19H,11-12H2,1-2H3. The van der Waals surface area contributed by atoms with Crippen molar-refractivity contribution in [1.29, 1.82) is 5.26 Å². The molecule has 0 amide bonds. The van der Waals surface area contributed by atoms with Gasteiger partial charge in [0, 0.05) is 13.7 Å². The fourth-order valence-electron chi connectivity index (χ4n) is 2.16. The number of rotatable bonds is 6. The molecule has 2 aromatic carbocycles. The van der Waals surface area contributed by atoms with Crippen LogP contribution in [0.25, 0.3) is 0 Å². The van der Waals surface area contributed by atoms with E-state index in [9.17, 15) is 5.26 Å². The van der Waals surface area contributed by atoms with Crippen molar-refractivity contribution in [3.63, 3.8) is 0 Å². The second-order valence-corrected chi connectivity index (χ2v) is 4.60. The molecule has 0 saturated heterocycles. The Hall–Kier alpha value is -2.51. The quantitative estimate of drug-likeness (QED) is 0.883. The van der Waals surface area contributed by atoms with Crippen LogP contribution in [0.2, 0.25) is 0 Å². The second-order valence-electron chi connectivity index (χ2n) is 4.60. The third-order valence-corrected chi connectivity index (χ3v) is 3.14. The lowest BCUT2D eigenvalue weighted by atomic mass is 10.1. The molecule has 0 heterocycles. The maximum atomic E-state index is 9.19. The number of hydrogen-bond donors (Lipinski definition) is 1. The van der Waals surface area contributed by atoms with Crippen molar-refractivity contribution in [2.45, 2.75) is 13.2 Å². The van der Waals surface area contributed by atoms with Gasteiger partial charge in [0.15, 0.2) is 0 Å². The Labute approximate surface area is 124 Å². The van der Waals surface area contributed by atoms with E-state index in [1.807, 2.05) is 30.3 Å². The van der Waals surface area contributed by atoms with Crippen LogP contribution in [0.15, 0.2) is 42.5 Å². The smallest absolute Gasteiger partial charge is 0.143 e. The summed E-state index contributed by atoms with van der Waals surface area (Å²) in [5, 5.41) is 12.5. The normalized spacial score (nSPS) is 9.95. The summed E-state index contributed by atoms with van der Waals surface area (Å²) < 4.78 is 10.4. The van der Waals surface area contributed by atoms with Crippen molar-refractivity contribution < 1.29 is 9.47 Å². The van der Waals surface area contributed by atoms with Crippen molar-refractivity contribution in [2.24, 2.45) is 0 Å². The summed E-state index contributed by atoms with van der Waals surface area (Å²) in [6.07, 6.45) is 0. The molecular formula is C17H18N2O2. The molecular weight excluding hydrogens is 264 g/mol. The highest BCUT2D eigenvalue weighted by Gasteiger charge is 2.08. The minimum Gasteiger partial charge on any atom is -0.495 e. The van der Waals surface area contributed by atoms with Gasteiger partial charge in [0.2, 0.25) is 0 Å². The number of nitrogens with zero attached hydrogens (tertiary/aromatic N) is 1. The third kappa shape index (κ3) is 3.74. The molecule has 108 valence electrons. The van der Waals surface area contributed by atoms with Crippen LogP contribution in [0.4, 0.5) is 5.69 Å². The zero-order valence-electron chi connectivity index (χ0n) is 12.2. The van der Waals surface area contributed by atoms with Gasteiger partial charge in [0.05, 0.1) is 25.0 Å². The minimum absolute atomic E-state index is 0.572. The average Bonchev–Trinajstić information content (AvgIpc) is 2.53.